The third kappa shape index (κ3) is 1.97. The van der Waals surface area contributed by atoms with Gasteiger partial charge in [-0.1, -0.05) is 6.07 Å². The van der Waals surface area contributed by atoms with E-state index in [-0.39, 0.29) is 11.8 Å². The molecule has 1 aromatic carbocycles. The lowest BCUT2D eigenvalue weighted by molar-refractivity contribution is 0.0994. The fourth-order valence-corrected chi connectivity index (χ4v) is 3.12. The first-order valence-corrected chi connectivity index (χ1v) is 7.39. The summed E-state index contributed by atoms with van der Waals surface area (Å²) in [5, 5.41) is 0. The molecule has 2 aromatic rings. The van der Waals surface area contributed by atoms with Gasteiger partial charge in [0.05, 0.1) is 11.9 Å². The monoisotopic (exact) mass is 293 g/mol. The first kappa shape index (κ1) is 13.0. The number of benzene rings is 1. The summed E-state index contributed by atoms with van der Waals surface area (Å²) >= 11 is 0. The number of aryl methyl sites for hydroxylation is 1. The van der Waals surface area contributed by atoms with Crippen molar-refractivity contribution in [3.8, 4) is 0 Å². The maximum atomic E-state index is 12.6. The normalized spacial score (nSPS) is 17.3. The predicted octanol–water partition coefficient (Wildman–Crippen LogP) is 2.66. The molecule has 5 heteroatoms. The number of anilines is 2. The second-order valence-electron chi connectivity index (χ2n) is 5.56. The van der Waals surface area contributed by atoms with Crippen LogP contribution in [0.4, 0.5) is 16.2 Å². The molecular formula is C17H15N3O2. The van der Waals surface area contributed by atoms with Gasteiger partial charge in [-0.3, -0.25) is 19.6 Å². The largest absolute Gasteiger partial charge is 0.329 e. The standard InChI is InChI=1S/C17H15N3O2/c21-16-6-4-12-3-5-13(10-15(12)16)19-8-9-20(17(19)22)14-2-1-7-18-11-14/h1-3,5,7,10-11H,4,6,8-9H2. The highest BCUT2D eigenvalue weighted by atomic mass is 16.2. The zero-order chi connectivity index (χ0) is 15.1. The highest BCUT2D eigenvalue weighted by molar-refractivity contribution is 6.07. The molecule has 2 heterocycles. The molecule has 4 rings (SSSR count). The molecular weight excluding hydrogens is 278 g/mol. The molecule has 1 aliphatic carbocycles. The predicted molar refractivity (Wildman–Crippen MR) is 83.4 cm³/mol. The number of carbonyl (C=O) groups excluding carboxylic acids is 2. The summed E-state index contributed by atoms with van der Waals surface area (Å²) in [6, 6.07) is 9.38. The van der Waals surface area contributed by atoms with Crippen molar-refractivity contribution in [1.82, 2.24) is 4.98 Å². The lowest BCUT2D eigenvalue weighted by Gasteiger charge is -2.19. The zero-order valence-electron chi connectivity index (χ0n) is 12.0. The Kier molecular flexibility index (Phi) is 2.92. The van der Waals surface area contributed by atoms with Crippen LogP contribution in [0.1, 0.15) is 22.3 Å². The Morgan fingerprint density at radius 2 is 1.77 bits per heavy atom. The van der Waals surface area contributed by atoms with E-state index in [0.29, 0.717) is 19.5 Å². The Balaban J connectivity index is 1.64. The number of hydrogen-bond acceptors (Lipinski definition) is 3. The van der Waals surface area contributed by atoms with Gasteiger partial charge in [-0.05, 0) is 36.2 Å². The van der Waals surface area contributed by atoms with E-state index in [2.05, 4.69) is 4.98 Å². The van der Waals surface area contributed by atoms with E-state index < -0.39 is 0 Å². The van der Waals surface area contributed by atoms with Crippen LogP contribution in [0.5, 0.6) is 0 Å². The summed E-state index contributed by atoms with van der Waals surface area (Å²) in [7, 11) is 0. The van der Waals surface area contributed by atoms with Gasteiger partial charge in [0.15, 0.2) is 5.78 Å². The molecule has 110 valence electrons. The van der Waals surface area contributed by atoms with Crippen LogP contribution in [-0.4, -0.2) is 29.9 Å². The molecule has 1 saturated heterocycles. The van der Waals surface area contributed by atoms with Crippen LogP contribution >= 0.6 is 0 Å². The number of hydrogen-bond donors (Lipinski definition) is 0. The minimum Gasteiger partial charge on any atom is -0.294 e. The summed E-state index contributed by atoms with van der Waals surface area (Å²) in [6.07, 6.45) is 4.76. The van der Waals surface area contributed by atoms with Gasteiger partial charge in [0, 0.05) is 37.0 Å². The molecule has 0 radical (unpaired) electrons. The molecule has 0 atom stereocenters. The third-order valence-corrected chi connectivity index (χ3v) is 4.29. The van der Waals surface area contributed by atoms with E-state index in [1.54, 1.807) is 22.2 Å². The first-order chi connectivity index (χ1) is 10.7. The molecule has 0 spiro atoms. The first-order valence-electron chi connectivity index (χ1n) is 7.39. The number of fused-ring (bicyclic) bond motifs is 1. The Labute approximate surface area is 128 Å². The van der Waals surface area contributed by atoms with E-state index in [0.717, 1.165) is 28.9 Å². The van der Waals surface area contributed by atoms with Gasteiger partial charge in [0.1, 0.15) is 0 Å². The number of ketones is 1. The van der Waals surface area contributed by atoms with Gasteiger partial charge in [-0.15, -0.1) is 0 Å². The number of rotatable bonds is 2. The molecule has 5 nitrogen and oxygen atoms in total. The number of amides is 2. The maximum Gasteiger partial charge on any atom is 0.329 e. The molecule has 0 unspecified atom stereocenters. The minimum absolute atomic E-state index is 0.0709. The lowest BCUT2D eigenvalue weighted by Crippen LogP contribution is -2.31. The van der Waals surface area contributed by atoms with Crippen molar-refractivity contribution in [2.75, 3.05) is 22.9 Å². The average Bonchev–Trinajstić information content (AvgIpc) is 3.11. The Morgan fingerprint density at radius 1 is 0.955 bits per heavy atom. The van der Waals surface area contributed by atoms with Crippen LogP contribution in [0, 0.1) is 0 Å². The quantitative estimate of drug-likeness (QED) is 0.855. The molecule has 22 heavy (non-hydrogen) atoms. The zero-order valence-corrected chi connectivity index (χ0v) is 12.0. The van der Waals surface area contributed by atoms with Crippen LogP contribution in [-0.2, 0) is 6.42 Å². The van der Waals surface area contributed by atoms with E-state index in [9.17, 15) is 9.59 Å². The third-order valence-electron chi connectivity index (χ3n) is 4.29. The highest BCUT2D eigenvalue weighted by Gasteiger charge is 2.31. The summed E-state index contributed by atoms with van der Waals surface area (Å²) in [5.74, 6) is 0.174. The average molecular weight is 293 g/mol. The molecule has 0 saturated carbocycles. The van der Waals surface area contributed by atoms with Crippen LogP contribution in [0.3, 0.4) is 0 Å². The fourth-order valence-electron chi connectivity index (χ4n) is 3.12. The second-order valence-corrected chi connectivity index (χ2v) is 5.56. The van der Waals surface area contributed by atoms with Crippen LogP contribution in [0.15, 0.2) is 42.7 Å². The number of nitrogens with zero attached hydrogens (tertiary/aromatic N) is 3. The smallest absolute Gasteiger partial charge is 0.294 e. The number of carbonyl (C=O) groups is 2. The van der Waals surface area contributed by atoms with Gasteiger partial charge in [0.25, 0.3) is 0 Å². The van der Waals surface area contributed by atoms with Gasteiger partial charge < -0.3 is 0 Å². The maximum absolute atomic E-state index is 12.6. The van der Waals surface area contributed by atoms with Crippen molar-refractivity contribution in [2.24, 2.45) is 0 Å². The SMILES string of the molecule is O=C1CCc2ccc(N3CCN(c4cccnc4)C3=O)cc21. The summed E-state index contributed by atoms with van der Waals surface area (Å²) in [6.45, 7) is 1.23. The van der Waals surface area contributed by atoms with E-state index in [1.807, 2.05) is 30.3 Å². The number of Topliss-reactive ketones (excluding diaryl/α,β-unsaturated/α-hetero) is 1. The lowest BCUT2D eigenvalue weighted by atomic mass is 10.1. The Bertz CT molecular complexity index is 758. The van der Waals surface area contributed by atoms with Gasteiger partial charge >= 0.3 is 6.03 Å². The minimum atomic E-state index is -0.0709. The van der Waals surface area contributed by atoms with Crippen molar-refractivity contribution >= 4 is 23.2 Å². The van der Waals surface area contributed by atoms with Crippen molar-refractivity contribution in [3.63, 3.8) is 0 Å². The van der Waals surface area contributed by atoms with Crippen molar-refractivity contribution < 1.29 is 9.59 Å². The molecule has 0 bridgehead atoms. The molecule has 1 aromatic heterocycles. The van der Waals surface area contributed by atoms with Crippen molar-refractivity contribution in [3.05, 3.63) is 53.9 Å². The molecule has 1 fully saturated rings. The molecule has 2 amide bonds. The topological polar surface area (TPSA) is 53.5 Å². The number of aromatic nitrogens is 1. The van der Waals surface area contributed by atoms with Crippen LogP contribution in [0.2, 0.25) is 0 Å². The summed E-state index contributed by atoms with van der Waals surface area (Å²) < 4.78 is 0. The van der Waals surface area contributed by atoms with Crippen LogP contribution < -0.4 is 9.80 Å². The van der Waals surface area contributed by atoms with Gasteiger partial charge in [-0.25, -0.2) is 4.79 Å². The van der Waals surface area contributed by atoms with E-state index in [4.69, 9.17) is 0 Å². The van der Waals surface area contributed by atoms with Gasteiger partial charge in [0.2, 0.25) is 0 Å². The number of urea groups is 1. The Hall–Kier alpha value is -2.69. The fraction of sp³-hybridized carbons (Fsp3) is 0.235. The summed E-state index contributed by atoms with van der Waals surface area (Å²) in [5.41, 5.74) is 3.45. The summed E-state index contributed by atoms with van der Waals surface area (Å²) in [4.78, 5) is 32.0. The van der Waals surface area contributed by atoms with Gasteiger partial charge in [-0.2, -0.15) is 0 Å². The highest BCUT2D eigenvalue weighted by Crippen LogP contribution is 2.29. The second kappa shape index (κ2) is 4.94. The van der Waals surface area contributed by atoms with E-state index in [1.165, 1.54) is 0 Å². The molecule has 1 aliphatic heterocycles. The van der Waals surface area contributed by atoms with Crippen molar-refractivity contribution in [1.29, 1.82) is 0 Å². The van der Waals surface area contributed by atoms with Crippen molar-refractivity contribution in [2.45, 2.75) is 12.8 Å². The Morgan fingerprint density at radius 3 is 2.55 bits per heavy atom. The number of pyridine rings is 1. The molecule has 2 aliphatic rings. The molecule has 0 N–H and O–H groups in total. The van der Waals surface area contributed by atoms with E-state index >= 15 is 0 Å². The van der Waals surface area contributed by atoms with Crippen LogP contribution in [0.25, 0.3) is 0 Å².